The van der Waals surface area contributed by atoms with Gasteiger partial charge in [0.25, 0.3) is 0 Å². The molecule has 0 saturated heterocycles. The third-order valence-electron chi connectivity index (χ3n) is 2.83. The fraction of sp³-hybridized carbons (Fsp3) is 0.400. The molecule has 0 radical (unpaired) electrons. The Balaban J connectivity index is 2.86. The Labute approximate surface area is 114 Å². The van der Waals surface area contributed by atoms with Crippen LogP contribution in [0, 0.1) is 0 Å². The lowest BCUT2D eigenvalue weighted by atomic mass is 10.0. The highest BCUT2D eigenvalue weighted by molar-refractivity contribution is 6.01. The third kappa shape index (κ3) is 4.10. The van der Waals surface area contributed by atoms with E-state index in [-0.39, 0.29) is 11.8 Å². The molecule has 1 atom stereocenters. The minimum atomic E-state index is -0.213. The number of Topliss-reactive ketones (excluding diaryl/α,β-unsaturated/α-hetero) is 1. The lowest BCUT2D eigenvalue weighted by molar-refractivity contribution is 0.0942. The Morgan fingerprint density at radius 2 is 2.26 bits per heavy atom. The number of hydrogen-bond acceptors (Lipinski definition) is 4. The highest BCUT2D eigenvalue weighted by atomic mass is 16.5. The molecule has 19 heavy (non-hydrogen) atoms. The van der Waals surface area contributed by atoms with E-state index in [0.717, 1.165) is 6.42 Å². The van der Waals surface area contributed by atoms with Crippen LogP contribution in [0.1, 0.15) is 30.6 Å². The summed E-state index contributed by atoms with van der Waals surface area (Å²) in [6.07, 6.45) is 2.46. The van der Waals surface area contributed by atoms with Crippen LogP contribution in [0.2, 0.25) is 0 Å². The van der Waals surface area contributed by atoms with Crippen LogP contribution < -0.4 is 15.8 Å². The third-order valence-corrected chi connectivity index (χ3v) is 2.83. The fourth-order valence-electron chi connectivity index (χ4n) is 1.84. The first-order chi connectivity index (χ1) is 9.13. The van der Waals surface area contributed by atoms with Crippen LogP contribution in [0.4, 0.5) is 5.69 Å². The molecule has 0 saturated carbocycles. The number of ketones is 1. The molecule has 4 nitrogen and oxygen atoms in total. The van der Waals surface area contributed by atoms with Crippen LogP contribution in [0.15, 0.2) is 30.9 Å². The van der Waals surface area contributed by atoms with Crippen LogP contribution in [-0.2, 0) is 0 Å². The molecule has 0 heterocycles. The van der Waals surface area contributed by atoms with Crippen molar-refractivity contribution >= 4 is 11.5 Å². The van der Waals surface area contributed by atoms with Gasteiger partial charge in [0.1, 0.15) is 5.75 Å². The first-order valence-corrected chi connectivity index (χ1v) is 6.54. The van der Waals surface area contributed by atoms with Crippen LogP contribution in [-0.4, -0.2) is 25.0 Å². The second kappa shape index (κ2) is 7.59. The van der Waals surface area contributed by atoms with E-state index in [1.165, 1.54) is 0 Å². The zero-order chi connectivity index (χ0) is 14.3. The molecule has 1 unspecified atom stereocenters. The summed E-state index contributed by atoms with van der Waals surface area (Å²) in [6.45, 7) is 8.66. The average molecular weight is 262 g/mol. The highest BCUT2D eigenvalue weighted by Gasteiger charge is 2.18. The predicted molar refractivity (Wildman–Crippen MR) is 78.6 cm³/mol. The molecule has 0 spiro atoms. The number of nitrogens with two attached hydrogens (primary N) is 1. The minimum Gasteiger partial charge on any atom is -0.492 e. The molecule has 0 aliphatic rings. The van der Waals surface area contributed by atoms with Crippen molar-refractivity contribution < 1.29 is 9.53 Å². The Morgan fingerprint density at radius 3 is 2.79 bits per heavy atom. The van der Waals surface area contributed by atoms with Crippen molar-refractivity contribution in [3.63, 3.8) is 0 Å². The summed E-state index contributed by atoms with van der Waals surface area (Å²) in [5, 5.41) is 3.14. The minimum absolute atomic E-state index is 0.0408. The first kappa shape index (κ1) is 15.2. The normalized spacial score (nSPS) is 11.9. The van der Waals surface area contributed by atoms with Gasteiger partial charge in [-0.1, -0.05) is 13.0 Å². The monoisotopic (exact) mass is 262 g/mol. The number of ether oxygens (including phenoxy) is 1. The van der Waals surface area contributed by atoms with Crippen molar-refractivity contribution in [1.82, 2.24) is 5.32 Å². The number of nitrogens with one attached hydrogen (secondary N) is 1. The number of hydrogen-bond donors (Lipinski definition) is 2. The predicted octanol–water partition coefficient (Wildman–Crippen LogP) is 2.40. The molecule has 4 heteroatoms. The smallest absolute Gasteiger partial charge is 0.179 e. The van der Waals surface area contributed by atoms with Gasteiger partial charge in [-0.25, -0.2) is 0 Å². The van der Waals surface area contributed by atoms with Crippen LogP contribution in [0.25, 0.3) is 0 Å². The summed E-state index contributed by atoms with van der Waals surface area (Å²) >= 11 is 0. The molecule has 1 aromatic carbocycles. The van der Waals surface area contributed by atoms with E-state index >= 15 is 0 Å². The van der Waals surface area contributed by atoms with Gasteiger partial charge < -0.3 is 15.8 Å². The Hall–Kier alpha value is -1.81. The van der Waals surface area contributed by atoms with Gasteiger partial charge in [0, 0.05) is 12.1 Å². The molecular formula is C15H22N2O2. The summed E-state index contributed by atoms with van der Waals surface area (Å²) in [6, 6.07) is 4.95. The number of rotatable bonds is 8. The standard InChI is InChI=1S/C15H22N2O2/c1-4-9-17-13(5-2)15(18)11-7-8-14(19-6-3)12(16)10-11/h4,7-8,10,13,17H,1,5-6,9,16H2,2-3H3. The molecule has 0 aromatic heterocycles. The van der Waals surface area contributed by atoms with Crippen molar-refractivity contribution in [2.75, 3.05) is 18.9 Å². The molecule has 3 N–H and O–H groups in total. The molecule has 0 aliphatic heterocycles. The van der Waals surface area contributed by atoms with Gasteiger partial charge in [-0.2, -0.15) is 0 Å². The van der Waals surface area contributed by atoms with Crippen molar-refractivity contribution in [3.8, 4) is 5.75 Å². The van der Waals surface area contributed by atoms with E-state index in [4.69, 9.17) is 10.5 Å². The molecule has 0 bridgehead atoms. The summed E-state index contributed by atoms with van der Waals surface area (Å²) in [5.41, 5.74) is 6.97. The maximum Gasteiger partial charge on any atom is 0.179 e. The lowest BCUT2D eigenvalue weighted by Gasteiger charge is -2.15. The number of nitrogen functional groups attached to an aromatic ring is 1. The van der Waals surface area contributed by atoms with E-state index < -0.39 is 0 Å². The second-order valence-corrected chi connectivity index (χ2v) is 4.21. The Kier molecular flexibility index (Phi) is 6.09. The summed E-state index contributed by atoms with van der Waals surface area (Å²) in [7, 11) is 0. The summed E-state index contributed by atoms with van der Waals surface area (Å²) in [4.78, 5) is 12.3. The van der Waals surface area contributed by atoms with Gasteiger partial charge >= 0.3 is 0 Å². The zero-order valence-corrected chi connectivity index (χ0v) is 11.6. The number of anilines is 1. The average Bonchev–Trinajstić information content (AvgIpc) is 2.42. The van der Waals surface area contributed by atoms with Crippen molar-refractivity contribution in [2.45, 2.75) is 26.3 Å². The zero-order valence-electron chi connectivity index (χ0n) is 11.6. The van der Waals surface area contributed by atoms with E-state index in [1.807, 2.05) is 13.8 Å². The second-order valence-electron chi connectivity index (χ2n) is 4.21. The Bertz CT molecular complexity index is 444. The van der Waals surface area contributed by atoms with Crippen LogP contribution in [0.3, 0.4) is 0 Å². The van der Waals surface area contributed by atoms with E-state index in [0.29, 0.717) is 30.2 Å². The number of carbonyl (C=O) groups excluding carboxylic acids is 1. The van der Waals surface area contributed by atoms with Gasteiger partial charge in [-0.3, -0.25) is 4.79 Å². The molecule has 0 fully saturated rings. The topological polar surface area (TPSA) is 64.3 Å². The lowest BCUT2D eigenvalue weighted by Crippen LogP contribution is -2.36. The maximum atomic E-state index is 12.3. The summed E-state index contributed by atoms with van der Waals surface area (Å²) < 4.78 is 5.36. The van der Waals surface area contributed by atoms with E-state index in [9.17, 15) is 4.79 Å². The molecular weight excluding hydrogens is 240 g/mol. The van der Waals surface area contributed by atoms with Gasteiger partial charge in [-0.15, -0.1) is 6.58 Å². The van der Waals surface area contributed by atoms with E-state index in [1.54, 1.807) is 24.3 Å². The number of carbonyl (C=O) groups is 1. The SMILES string of the molecule is C=CCNC(CC)C(=O)c1ccc(OCC)c(N)c1. The molecule has 1 rings (SSSR count). The molecule has 0 amide bonds. The van der Waals surface area contributed by atoms with Gasteiger partial charge in [0.05, 0.1) is 18.3 Å². The molecule has 1 aromatic rings. The Morgan fingerprint density at radius 1 is 1.53 bits per heavy atom. The summed E-state index contributed by atoms with van der Waals surface area (Å²) in [5.74, 6) is 0.658. The van der Waals surface area contributed by atoms with Crippen molar-refractivity contribution in [2.24, 2.45) is 0 Å². The molecule has 0 aliphatic carbocycles. The number of benzene rings is 1. The quantitative estimate of drug-likeness (QED) is 0.429. The van der Waals surface area contributed by atoms with Crippen LogP contribution in [0.5, 0.6) is 5.75 Å². The maximum absolute atomic E-state index is 12.3. The first-order valence-electron chi connectivity index (χ1n) is 6.54. The van der Waals surface area contributed by atoms with Crippen molar-refractivity contribution in [1.29, 1.82) is 0 Å². The van der Waals surface area contributed by atoms with E-state index in [2.05, 4.69) is 11.9 Å². The van der Waals surface area contributed by atoms with Gasteiger partial charge in [0.2, 0.25) is 0 Å². The molecule has 104 valence electrons. The van der Waals surface area contributed by atoms with Gasteiger partial charge in [0.15, 0.2) is 5.78 Å². The largest absolute Gasteiger partial charge is 0.492 e. The van der Waals surface area contributed by atoms with Crippen LogP contribution >= 0.6 is 0 Å². The fourth-order valence-corrected chi connectivity index (χ4v) is 1.84. The highest BCUT2D eigenvalue weighted by Crippen LogP contribution is 2.23. The van der Waals surface area contributed by atoms with Crippen molar-refractivity contribution in [3.05, 3.63) is 36.4 Å². The van der Waals surface area contributed by atoms with Gasteiger partial charge in [-0.05, 0) is 31.5 Å².